The first kappa shape index (κ1) is 85.0. The number of ketones is 2. The van der Waals surface area contributed by atoms with Gasteiger partial charge in [-0.1, -0.05) is 83.6 Å². The highest BCUT2D eigenvalue weighted by Gasteiger charge is 2.42. The number of esters is 3. The molecule has 10 amide bonds. The third-order valence-corrected chi connectivity index (χ3v) is 18.3. The topological polar surface area (TPSA) is 315 Å². The molecule has 0 radical (unpaired) electrons. The van der Waals surface area contributed by atoms with Gasteiger partial charge in [0.1, 0.15) is 23.2 Å². The number of fused-ring (bicyclic) bond motifs is 2. The Morgan fingerprint density at radius 2 is 0.552 bits per heavy atom. The summed E-state index contributed by atoms with van der Waals surface area (Å²) in [6, 6.07) is 65.1. The lowest BCUT2D eigenvalue weighted by Gasteiger charge is -2.18. The molecule has 0 aromatic heterocycles. The molecule has 1 aliphatic carbocycles. The van der Waals surface area contributed by atoms with E-state index in [-0.39, 0.29) is 90.2 Å². The number of hydrogen-bond acceptors (Lipinski definition) is 14. The van der Waals surface area contributed by atoms with E-state index in [2.05, 4.69) is 95.8 Å². The van der Waals surface area contributed by atoms with Gasteiger partial charge in [-0.25, -0.2) is 38.5 Å². The Morgan fingerprint density at radius 1 is 0.256 bits per heavy atom. The van der Waals surface area contributed by atoms with Crippen molar-refractivity contribution in [2.45, 2.75) is 5.92 Å². The van der Waals surface area contributed by atoms with E-state index in [4.69, 9.17) is 72.0 Å². The fourth-order valence-corrected chi connectivity index (χ4v) is 12.5. The molecule has 0 bridgehead atoms. The molecule has 0 fully saturated rings. The highest BCUT2D eigenvalue weighted by Crippen LogP contribution is 2.39. The lowest BCUT2D eigenvalue weighted by atomic mass is 9.92. The molecule has 23 nitrogen and oxygen atoms in total. The number of amides is 10. The van der Waals surface area contributed by atoms with Gasteiger partial charge in [0.2, 0.25) is 0 Å². The monoisotopic (exact) mass is 1640 g/mol. The quantitative estimate of drug-likeness (QED) is 0.0147. The van der Waals surface area contributed by atoms with Crippen LogP contribution in [0.3, 0.4) is 0 Å². The minimum Gasteiger partial charge on any atom is -0.423 e. The Kier molecular flexibility index (Phi) is 26.6. The lowest BCUT2D eigenvalue weighted by molar-refractivity contribution is 0.0725. The zero-order valence-electron chi connectivity index (χ0n) is 65.3. The number of urea groups is 4. The van der Waals surface area contributed by atoms with Crippen molar-refractivity contribution in [3.8, 4) is 128 Å². The maximum Gasteiger partial charge on any atom is 0.343 e. The molecule has 1 aliphatic heterocycles. The molecule has 1 heterocycles. The number of nitrogens with zero attached hydrogens (tertiary/aromatic N) is 1. The lowest BCUT2D eigenvalue weighted by Crippen LogP contribution is -2.30. The van der Waals surface area contributed by atoms with Crippen LogP contribution in [-0.4, -0.2) is 65.4 Å². The van der Waals surface area contributed by atoms with Crippen LogP contribution in [0.25, 0.3) is 0 Å². The Morgan fingerprint density at radius 3 is 0.928 bits per heavy atom. The van der Waals surface area contributed by atoms with Gasteiger partial charge in [0.05, 0.1) is 33.5 Å². The summed E-state index contributed by atoms with van der Waals surface area (Å²) in [5, 5.41) is 21.3. The van der Waals surface area contributed by atoms with E-state index in [0.717, 1.165) is 4.90 Å². The van der Waals surface area contributed by atoms with E-state index in [9.17, 15) is 52.7 Å². The van der Waals surface area contributed by atoms with Gasteiger partial charge in [0.25, 0.3) is 11.8 Å². The molecule has 12 aromatic rings. The summed E-state index contributed by atoms with van der Waals surface area (Å²) in [5.41, 5.74) is 8.21. The van der Waals surface area contributed by atoms with Gasteiger partial charge >= 0.3 is 42.0 Å². The third kappa shape index (κ3) is 21.5. The molecule has 598 valence electrons. The molecule has 12 aromatic carbocycles. The zero-order valence-corrected chi connectivity index (χ0v) is 65.3. The van der Waals surface area contributed by atoms with Crippen LogP contribution in [0.5, 0.6) is 17.2 Å². The molecule has 125 heavy (non-hydrogen) atoms. The van der Waals surface area contributed by atoms with Crippen molar-refractivity contribution in [1.82, 2.24) is 0 Å². The number of ether oxygens (including phenoxy) is 3. The van der Waals surface area contributed by atoms with E-state index in [0.29, 0.717) is 72.8 Å². The van der Waals surface area contributed by atoms with Gasteiger partial charge in [-0.3, -0.25) is 19.2 Å². The summed E-state index contributed by atoms with van der Waals surface area (Å²) in [7, 11) is 0. The van der Waals surface area contributed by atoms with Crippen molar-refractivity contribution in [2.24, 2.45) is 0 Å². The molecular weight excluding hydrogens is 1580 g/mol. The Labute approximate surface area is 716 Å². The number of benzene rings is 12. The van der Waals surface area contributed by atoms with E-state index >= 15 is 0 Å². The van der Waals surface area contributed by atoms with Crippen molar-refractivity contribution in [1.29, 1.82) is 0 Å². The number of anilines is 9. The van der Waals surface area contributed by atoms with E-state index < -0.39 is 71.3 Å². The molecule has 2 aliphatic rings. The molecule has 0 saturated carbocycles. The largest absolute Gasteiger partial charge is 0.423 e. The summed E-state index contributed by atoms with van der Waals surface area (Å²) in [4.78, 5) is 145. The third-order valence-electron chi connectivity index (χ3n) is 18.3. The SMILES string of the molecule is C#Cc1ccc(NC(=O)Nc2cc(NC(=O)Nc3ccc(C#C)cc3)cc(C(=O)Oc3cccc(C#C)c3)c2)cc1.C#Cc1cccc(NC(=O)Nc2cc(NC(=O)Nc3cccc(C#C)c3)cc(C(=O)Oc3cccc(C#C)c3)c2)c1.C#Cc1cccc(OC(=O)c2cc(C3C(=O)c4ccc(C#C)cc4C3=O)cc(N3C(=O)c4ccc(C#C)cc4C3=O)c2)c1. The summed E-state index contributed by atoms with van der Waals surface area (Å²) < 4.78 is 16.5. The number of rotatable bonds is 16. The van der Waals surface area contributed by atoms with Crippen LogP contribution in [0.1, 0.15) is 134 Å². The number of terminal acetylenes is 9. The fraction of sp³-hybridized carbons (Fsp3) is 0.00980. The van der Waals surface area contributed by atoms with Gasteiger partial charge < -0.3 is 56.7 Å². The van der Waals surface area contributed by atoms with Gasteiger partial charge in [0, 0.05) is 107 Å². The van der Waals surface area contributed by atoms with Gasteiger partial charge in [-0.15, -0.1) is 57.8 Å². The van der Waals surface area contributed by atoms with E-state index in [1.165, 1.54) is 109 Å². The summed E-state index contributed by atoms with van der Waals surface area (Å²) in [6.45, 7) is 0. The number of carbonyl (C=O) groups is 11. The average Bonchev–Trinajstić information content (AvgIpc) is 1.60. The Bertz CT molecular complexity index is 6620. The van der Waals surface area contributed by atoms with Crippen LogP contribution in [-0.2, 0) is 0 Å². The zero-order chi connectivity index (χ0) is 88.8. The molecular formula is C102H61N9O14. The second-order valence-electron chi connectivity index (χ2n) is 26.7. The number of hydrogen-bond donors (Lipinski definition) is 8. The van der Waals surface area contributed by atoms with Crippen LogP contribution in [0, 0.1) is 111 Å². The van der Waals surface area contributed by atoms with Gasteiger partial charge in [-0.2, -0.15) is 0 Å². The van der Waals surface area contributed by atoms with Crippen LogP contribution in [0.2, 0.25) is 0 Å². The van der Waals surface area contributed by atoms with Crippen LogP contribution < -0.4 is 61.6 Å². The molecule has 1 unspecified atom stereocenters. The van der Waals surface area contributed by atoms with Gasteiger partial charge in [-0.05, 0) is 236 Å². The molecule has 1 atom stereocenters. The molecule has 23 heteroatoms. The standard InChI is InChI=1S/C36H17NO6.2C33H22N4O4/c1-4-20-8-7-9-26(14-20)43-36(42)24-17-23(31-32(38)27-12-10-21(5-2)15-29(27)33(31)39)18-25(19-24)37-34(40)28-13-11-22(6-3)16-30(28)35(37)41;1-4-22-10-7-13-26(16-22)34-32(39)36-28-19-25(31(38)41-30-15-9-12-24(6-3)18-30)20-29(21-28)37-33(40)35-27-14-8-11-23(5-2)17-27;1-4-22-10-14-26(15-11-22)34-32(39)36-28-19-25(31(38)41-30-9-7-8-24(6-3)18-30)20-29(21-28)37-33(40)35-27-16-12-23(5-2)13-17-27/h1-3,7-19,31H;2*1-3,7-21H,(H2,34,36,39)(H2,35,37,40). The van der Waals surface area contributed by atoms with Crippen LogP contribution in [0.4, 0.5) is 70.4 Å². The highest BCUT2D eigenvalue weighted by atomic mass is 16.5. The molecule has 0 spiro atoms. The van der Waals surface area contributed by atoms with E-state index in [1.807, 2.05) is 0 Å². The number of Topliss-reactive ketones (excluding diaryl/α,β-unsaturated/α-hetero) is 2. The molecule has 8 N–H and O–H groups in total. The Hall–Kier alpha value is -19.4. The first-order valence-electron chi connectivity index (χ1n) is 37.0. The number of carbonyl (C=O) groups excluding carboxylic acids is 11. The Balaban J connectivity index is 0.000000171. The molecule has 14 rings (SSSR count). The highest BCUT2D eigenvalue weighted by molar-refractivity contribution is 6.35. The van der Waals surface area contributed by atoms with Crippen LogP contribution in [0.15, 0.2) is 261 Å². The summed E-state index contributed by atoms with van der Waals surface area (Å²) >= 11 is 0. The number of imide groups is 1. The van der Waals surface area contributed by atoms with E-state index in [1.54, 1.807) is 152 Å². The summed E-state index contributed by atoms with van der Waals surface area (Å²) in [6.07, 6.45) is 48.9. The second-order valence-corrected chi connectivity index (χ2v) is 26.7. The minimum absolute atomic E-state index is 0.0313. The predicted molar refractivity (Wildman–Crippen MR) is 477 cm³/mol. The molecule has 0 saturated heterocycles. The fourth-order valence-electron chi connectivity index (χ4n) is 12.5. The second kappa shape index (κ2) is 39.1. The maximum absolute atomic E-state index is 13.5. The van der Waals surface area contributed by atoms with Crippen molar-refractivity contribution in [2.75, 3.05) is 47.4 Å². The van der Waals surface area contributed by atoms with Crippen molar-refractivity contribution < 1.29 is 67.0 Å². The van der Waals surface area contributed by atoms with Gasteiger partial charge in [0.15, 0.2) is 11.6 Å². The summed E-state index contributed by atoms with van der Waals surface area (Å²) in [5.74, 6) is 16.8. The first-order chi connectivity index (χ1) is 60.4. The predicted octanol–water partition coefficient (Wildman–Crippen LogP) is 17.1. The number of nitrogens with one attached hydrogen (secondary N) is 8. The van der Waals surface area contributed by atoms with Crippen molar-refractivity contribution >= 4 is 117 Å². The normalized spacial score (nSPS) is 11.5. The maximum atomic E-state index is 13.5. The smallest absolute Gasteiger partial charge is 0.343 e. The first-order valence-corrected chi connectivity index (χ1v) is 37.0. The van der Waals surface area contributed by atoms with Crippen molar-refractivity contribution in [3.05, 3.63) is 355 Å². The van der Waals surface area contributed by atoms with Crippen molar-refractivity contribution in [3.63, 3.8) is 0 Å². The van der Waals surface area contributed by atoms with Crippen LogP contribution >= 0.6 is 0 Å². The average molecular weight is 1640 g/mol. The minimum atomic E-state index is -1.34.